The first-order chi connectivity index (χ1) is 11.6. The molecule has 0 saturated carbocycles. The maximum atomic E-state index is 11.7. The molecule has 1 heterocycles. The monoisotopic (exact) mass is 389 g/mol. The van der Waals surface area contributed by atoms with E-state index in [4.69, 9.17) is 4.74 Å². The highest BCUT2D eigenvalue weighted by atomic mass is 79.9. The van der Waals surface area contributed by atoms with E-state index in [1.54, 1.807) is 7.11 Å². The van der Waals surface area contributed by atoms with Crippen LogP contribution in [0.1, 0.15) is 30.0 Å². The van der Waals surface area contributed by atoms with Crippen molar-refractivity contribution in [3.63, 3.8) is 0 Å². The minimum absolute atomic E-state index is 0.0861. The molecule has 3 rings (SSSR count). The zero-order valence-corrected chi connectivity index (χ0v) is 15.1. The van der Waals surface area contributed by atoms with Crippen LogP contribution in [0.2, 0.25) is 0 Å². The molecular formula is C19H20BrNO3. The first-order valence-corrected chi connectivity index (χ1v) is 8.77. The third-order valence-corrected chi connectivity index (χ3v) is 5.00. The van der Waals surface area contributed by atoms with Gasteiger partial charge in [0, 0.05) is 11.0 Å². The first kappa shape index (κ1) is 17.0. The Hall–Kier alpha value is -1.85. The van der Waals surface area contributed by atoms with E-state index in [0.717, 1.165) is 34.3 Å². The Labute approximate surface area is 150 Å². The number of nitrogens with zero attached hydrogens (tertiary/aromatic N) is 1. The number of carbonyl (C=O) groups is 1. The molecule has 4 nitrogen and oxygen atoms in total. The lowest BCUT2D eigenvalue weighted by atomic mass is 9.96. The Morgan fingerprint density at radius 2 is 2.00 bits per heavy atom. The molecule has 0 aliphatic carbocycles. The number of likely N-dealkylation sites (tertiary alicyclic amines) is 1. The zero-order chi connectivity index (χ0) is 17.1. The summed E-state index contributed by atoms with van der Waals surface area (Å²) >= 11 is 3.52. The van der Waals surface area contributed by atoms with Gasteiger partial charge in [-0.25, -0.2) is 0 Å². The summed E-state index contributed by atoms with van der Waals surface area (Å²) in [5, 5.41) is 9.59. The minimum Gasteiger partial charge on any atom is -0.497 e. The van der Waals surface area contributed by atoms with Gasteiger partial charge >= 0.3 is 5.97 Å². The van der Waals surface area contributed by atoms with E-state index in [1.165, 1.54) is 0 Å². The number of rotatable bonds is 5. The molecule has 0 aromatic heterocycles. The van der Waals surface area contributed by atoms with Crippen LogP contribution in [0.3, 0.4) is 0 Å². The Morgan fingerprint density at radius 1 is 1.25 bits per heavy atom. The van der Waals surface area contributed by atoms with Crippen LogP contribution < -0.4 is 4.74 Å². The third-order valence-electron chi connectivity index (χ3n) is 4.51. The number of aliphatic carboxylic acids is 1. The van der Waals surface area contributed by atoms with Crippen molar-refractivity contribution < 1.29 is 14.6 Å². The molecule has 0 bridgehead atoms. The van der Waals surface area contributed by atoms with Crippen LogP contribution in [0.5, 0.6) is 5.75 Å². The first-order valence-electron chi connectivity index (χ1n) is 7.98. The fourth-order valence-electron chi connectivity index (χ4n) is 3.40. The smallest absolute Gasteiger partial charge is 0.320 e. The van der Waals surface area contributed by atoms with Gasteiger partial charge in [0.25, 0.3) is 0 Å². The average molecular weight is 390 g/mol. The summed E-state index contributed by atoms with van der Waals surface area (Å²) in [6.07, 6.45) is 1.59. The molecule has 0 spiro atoms. The predicted molar refractivity (Wildman–Crippen MR) is 96.3 cm³/mol. The molecule has 2 unspecified atom stereocenters. The number of carboxylic acid groups (broad SMARTS) is 1. The number of benzene rings is 2. The summed E-state index contributed by atoms with van der Waals surface area (Å²) in [5.74, 6) is 0.0453. The van der Waals surface area contributed by atoms with Gasteiger partial charge in [-0.15, -0.1) is 0 Å². The fourth-order valence-corrected chi connectivity index (χ4v) is 3.82. The standard InChI is InChI=1S/C19H20BrNO3/c1-24-16-9-7-13(8-10-16)18(14-4-2-5-15(20)12-14)21-11-3-6-17(21)19(22)23/h2,4-5,7-10,12,17-18H,3,6,11H2,1H3,(H,22,23). The number of ether oxygens (including phenoxy) is 1. The van der Waals surface area contributed by atoms with Gasteiger partial charge in [-0.1, -0.05) is 40.2 Å². The molecule has 2 atom stereocenters. The summed E-state index contributed by atoms with van der Waals surface area (Å²) < 4.78 is 6.23. The number of methoxy groups -OCH3 is 1. The Bertz CT molecular complexity index is 717. The van der Waals surface area contributed by atoms with Gasteiger partial charge in [0.05, 0.1) is 13.2 Å². The van der Waals surface area contributed by atoms with E-state index in [-0.39, 0.29) is 6.04 Å². The average Bonchev–Trinajstić information content (AvgIpc) is 3.05. The fraction of sp³-hybridized carbons (Fsp3) is 0.316. The predicted octanol–water partition coefficient (Wildman–Crippen LogP) is 4.10. The highest BCUT2D eigenvalue weighted by molar-refractivity contribution is 9.10. The number of carboxylic acids is 1. The molecule has 1 aliphatic heterocycles. The molecule has 1 saturated heterocycles. The van der Waals surface area contributed by atoms with Crippen molar-refractivity contribution in [2.45, 2.75) is 24.9 Å². The molecule has 126 valence electrons. The van der Waals surface area contributed by atoms with Crippen molar-refractivity contribution in [2.75, 3.05) is 13.7 Å². The van der Waals surface area contributed by atoms with Crippen molar-refractivity contribution in [2.24, 2.45) is 0 Å². The Morgan fingerprint density at radius 3 is 2.62 bits per heavy atom. The Kier molecular flexibility index (Phi) is 5.21. The second-order valence-electron chi connectivity index (χ2n) is 5.96. The highest BCUT2D eigenvalue weighted by Gasteiger charge is 2.36. The highest BCUT2D eigenvalue weighted by Crippen LogP contribution is 2.36. The topological polar surface area (TPSA) is 49.8 Å². The molecule has 1 fully saturated rings. The van der Waals surface area contributed by atoms with Gasteiger partial charge in [0.1, 0.15) is 11.8 Å². The van der Waals surface area contributed by atoms with Crippen LogP contribution in [0.15, 0.2) is 53.0 Å². The molecule has 0 radical (unpaired) electrons. The van der Waals surface area contributed by atoms with E-state index in [9.17, 15) is 9.90 Å². The van der Waals surface area contributed by atoms with Gasteiger partial charge in [-0.3, -0.25) is 9.69 Å². The quantitative estimate of drug-likeness (QED) is 0.836. The van der Waals surface area contributed by atoms with Gasteiger partial charge in [-0.05, 0) is 48.2 Å². The lowest BCUT2D eigenvalue weighted by molar-refractivity contribution is -0.142. The molecule has 0 amide bonds. The lowest BCUT2D eigenvalue weighted by Crippen LogP contribution is -2.39. The summed E-state index contributed by atoms with van der Waals surface area (Å²) in [5.41, 5.74) is 2.16. The van der Waals surface area contributed by atoms with E-state index in [0.29, 0.717) is 6.42 Å². The minimum atomic E-state index is -0.749. The van der Waals surface area contributed by atoms with E-state index in [2.05, 4.69) is 33.0 Å². The molecule has 2 aromatic carbocycles. The van der Waals surface area contributed by atoms with E-state index >= 15 is 0 Å². The SMILES string of the molecule is COc1ccc(C(c2cccc(Br)c2)N2CCCC2C(=O)O)cc1. The van der Waals surface area contributed by atoms with Crippen molar-refractivity contribution in [1.82, 2.24) is 4.90 Å². The van der Waals surface area contributed by atoms with E-state index < -0.39 is 12.0 Å². The number of halogens is 1. The van der Waals surface area contributed by atoms with Crippen LogP contribution >= 0.6 is 15.9 Å². The molecule has 24 heavy (non-hydrogen) atoms. The molecular weight excluding hydrogens is 370 g/mol. The van der Waals surface area contributed by atoms with Crippen molar-refractivity contribution in [1.29, 1.82) is 0 Å². The van der Waals surface area contributed by atoms with Crippen LogP contribution in [0.4, 0.5) is 0 Å². The number of hydrogen-bond acceptors (Lipinski definition) is 3. The molecule has 1 N–H and O–H groups in total. The van der Waals surface area contributed by atoms with Crippen molar-refractivity contribution in [3.05, 3.63) is 64.1 Å². The summed E-state index contributed by atoms with van der Waals surface area (Å²) in [6, 6.07) is 15.4. The maximum absolute atomic E-state index is 11.7. The van der Waals surface area contributed by atoms with Gasteiger partial charge in [0.2, 0.25) is 0 Å². The van der Waals surface area contributed by atoms with Crippen LogP contribution in [0.25, 0.3) is 0 Å². The normalized spacial score (nSPS) is 19.2. The van der Waals surface area contributed by atoms with Gasteiger partial charge in [-0.2, -0.15) is 0 Å². The molecule has 5 heteroatoms. The largest absolute Gasteiger partial charge is 0.497 e. The van der Waals surface area contributed by atoms with Crippen LogP contribution in [-0.4, -0.2) is 35.7 Å². The van der Waals surface area contributed by atoms with Crippen LogP contribution in [-0.2, 0) is 4.79 Å². The van der Waals surface area contributed by atoms with Crippen molar-refractivity contribution in [3.8, 4) is 5.75 Å². The number of hydrogen-bond donors (Lipinski definition) is 1. The summed E-state index contributed by atoms with van der Waals surface area (Å²) in [7, 11) is 1.64. The summed E-state index contributed by atoms with van der Waals surface area (Å²) in [6.45, 7) is 0.778. The Balaban J connectivity index is 2.04. The molecule has 1 aliphatic rings. The van der Waals surface area contributed by atoms with Crippen molar-refractivity contribution >= 4 is 21.9 Å². The molecule has 2 aromatic rings. The summed E-state index contributed by atoms with van der Waals surface area (Å²) in [4.78, 5) is 13.8. The second-order valence-corrected chi connectivity index (χ2v) is 6.88. The second kappa shape index (κ2) is 7.36. The zero-order valence-electron chi connectivity index (χ0n) is 13.5. The van der Waals surface area contributed by atoms with Gasteiger partial charge in [0.15, 0.2) is 0 Å². The lowest BCUT2D eigenvalue weighted by Gasteiger charge is -2.32. The van der Waals surface area contributed by atoms with Crippen LogP contribution in [0, 0.1) is 0 Å². The third kappa shape index (κ3) is 3.47. The van der Waals surface area contributed by atoms with E-state index in [1.807, 2.05) is 36.4 Å². The maximum Gasteiger partial charge on any atom is 0.320 e. The van der Waals surface area contributed by atoms with Gasteiger partial charge < -0.3 is 9.84 Å².